The number of hydrogen-bond acceptors (Lipinski definition) is 6. The van der Waals surface area contributed by atoms with Crippen LogP contribution in [0.25, 0.3) is 0 Å². The highest BCUT2D eigenvalue weighted by atomic mass is 16.6. The van der Waals surface area contributed by atoms with Crippen LogP contribution in [0.15, 0.2) is 134 Å². The molecule has 0 aliphatic carbocycles. The number of carbonyl (C=O) groups is 3. The Labute approximate surface area is 392 Å². The van der Waals surface area contributed by atoms with Gasteiger partial charge in [-0.25, -0.2) is 0 Å². The second-order valence-electron chi connectivity index (χ2n) is 16.1. The molecule has 64 heavy (non-hydrogen) atoms. The zero-order chi connectivity index (χ0) is 46.5. The van der Waals surface area contributed by atoms with Crippen LogP contribution in [0.2, 0.25) is 0 Å². The van der Waals surface area contributed by atoms with E-state index in [-0.39, 0.29) is 38.0 Å². The van der Waals surface area contributed by atoms with Gasteiger partial charge in [0.05, 0.1) is 0 Å². The molecule has 0 fully saturated rings. The predicted molar refractivity (Wildman–Crippen MR) is 274 cm³/mol. The summed E-state index contributed by atoms with van der Waals surface area (Å²) in [5.74, 6) is -1.06. The molecule has 0 spiro atoms. The number of hydrogen-bond donors (Lipinski definition) is 0. The number of ether oxygens (including phenoxy) is 3. The van der Waals surface area contributed by atoms with E-state index >= 15 is 0 Å². The van der Waals surface area contributed by atoms with Gasteiger partial charge in [-0.05, 0) is 70.6 Å². The summed E-state index contributed by atoms with van der Waals surface area (Å²) in [6.07, 6.45) is 71.5. The fourth-order valence-electron chi connectivity index (χ4n) is 6.34. The third kappa shape index (κ3) is 48.6. The summed E-state index contributed by atoms with van der Waals surface area (Å²) in [5, 5.41) is 0. The summed E-state index contributed by atoms with van der Waals surface area (Å²) in [7, 11) is 0. The van der Waals surface area contributed by atoms with E-state index < -0.39 is 12.1 Å². The van der Waals surface area contributed by atoms with Crippen molar-refractivity contribution in [3.8, 4) is 0 Å². The molecule has 0 bridgehead atoms. The zero-order valence-corrected chi connectivity index (χ0v) is 40.7. The Balaban J connectivity index is 4.62. The van der Waals surface area contributed by atoms with Gasteiger partial charge in [-0.2, -0.15) is 0 Å². The van der Waals surface area contributed by atoms with Gasteiger partial charge in [0.15, 0.2) is 6.10 Å². The van der Waals surface area contributed by atoms with Gasteiger partial charge in [-0.3, -0.25) is 14.4 Å². The first-order valence-electron chi connectivity index (χ1n) is 25.3. The third-order valence-electron chi connectivity index (χ3n) is 10.1. The Morgan fingerprint density at radius 1 is 0.344 bits per heavy atom. The Hall–Kier alpha value is -4.45. The van der Waals surface area contributed by atoms with Crippen molar-refractivity contribution >= 4 is 17.9 Å². The minimum atomic E-state index is -0.839. The van der Waals surface area contributed by atoms with E-state index in [2.05, 4.69) is 81.5 Å². The zero-order valence-electron chi connectivity index (χ0n) is 40.7. The van der Waals surface area contributed by atoms with Crippen LogP contribution in [-0.2, 0) is 28.6 Å². The molecule has 0 aromatic rings. The highest BCUT2D eigenvalue weighted by Gasteiger charge is 2.19. The molecular weight excluding hydrogens is 793 g/mol. The molecular formula is C58H90O6. The first-order valence-corrected chi connectivity index (χ1v) is 25.3. The van der Waals surface area contributed by atoms with Crippen molar-refractivity contribution < 1.29 is 28.6 Å². The monoisotopic (exact) mass is 883 g/mol. The van der Waals surface area contributed by atoms with Gasteiger partial charge in [-0.15, -0.1) is 0 Å². The second kappa shape index (κ2) is 51.2. The van der Waals surface area contributed by atoms with Gasteiger partial charge < -0.3 is 14.2 Å². The maximum Gasteiger partial charge on any atom is 0.306 e. The van der Waals surface area contributed by atoms with E-state index in [1.54, 1.807) is 0 Å². The predicted octanol–water partition coefficient (Wildman–Crippen LogP) is 16.7. The van der Waals surface area contributed by atoms with Gasteiger partial charge in [0.2, 0.25) is 0 Å². The van der Waals surface area contributed by atoms with Crippen molar-refractivity contribution in [3.63, 3.8) is 0 Å². The van der Waals surface area contributed by atoms with Crippen molar-refractivity contribution in [1.82, 2.24) is 0 Å². The molecule has 0 heterocycles. The molecule has 358 valence electrons. The molecule has 0 aromatic carbocycles. The first kappa shape index (κ1) is 59.5. The van der Waals surface area contributed by atoms with Crippen molar-refractivity contribution in [2.24, 2.45) is 0 Å². The maximum absolute atomic E-state index is 12.8. The Morgan fingerprint density at radius 2 is 0.719 bits per heavy atom. The van der Waals surface area contributed by atoms with Crippen LogP contribution in [0.1, 0.15) is 194 Å². The average Bonchev–Trinajstić information content (AvgIpc) is 3.29. The lowest BCUT2D eigenvalue weighted by molar-refractivity contribution is -0.166. The maximum atomic E-state index is 12.8. The molecule has 0 radical (unpaired) electrons. The second-order valence-corrected chi connectivity index (χ2v) is 16.1. The standard InChI is InChI=1S/C58H90O6/c1-4-7-10-13-16-19-22-25-27-29-31-33-36-39-42-45-48-51-57(60)63-54-55(53-62-56(59)50-47-44-41-38-35-32-24-21-18-15-12-9-6-3)64-58(61)52-49-46-43-40-37-34-30-28-26-23-20-17-14-11-8-5-2/h7-8,10-11,13,16-17,19-20,22,25-29,31,33-34,36-37,43,46,55H,4-6,9,12,14-15,18,21,23-24,30,32,35,38-42,44-45,47-54H2,1-3H3/b10-7-,11-8-,16-13-,20-17-,22-19-,27-25-,28-26-,31-29+,36-33-,37-34-,46-43-. The van der Waals surface area contributed by atoms with E-state index in [4.69, 9.17) is 14.2 Å². The summed E-state index contributed by atoms with van der Waals surface area (Å²) < 4.78 is 16.7. The summed E-state index contributed by atoms with van der Waals surface area (Å²) in [6.45, 7) is 6.25. The summed E-state index contributed by atoms with van der Waals surface area (Å²) in [4.78, 5) is 37.9. The number of esters is 3. The van der Waals surface area contributed by atoms with Crippen molar-refractivity contribution in [1.29, 1.82) is 0 Å². The SMILES string of the molecule is CC\C=C/C=C\C=C/C=C\C=C\C=C/CCCCCC(=O)OCC(COC(=O)CCCCCCCCCCCCCCC)OC(=O)CC/C=C\C/C=C\C/C=C\C/C=C\C/C=C\CC. The molecule has 0 rings (SSSR count). The van der Waals surface area contributed by atoms with Crippen LogP contribution < -0.4 is 0 Å². The summed E-state index contributed by atoms with van der Waals surface area (Å²) in [5.41, 5.74) is 0. The smallest absolute Gasteiger partial charge is 0.306 e. The van der Waals surface area contributed by atoms with Crippen LogP contribution in [0.4, 0.5) is 0 Å². The quantitative estimate of drug-likeness (QED) is 0.0200. The molecule has 1 atom stereocenters. The number of allylic oxidation sites excluding steroid dienone is 22. The molecule has 0 aliphatic rings. The van der Waals surface area contributed by atoms with Gasteiger partial charge in [0.25, 0.3) is 0 Å². The van der Waals surface area contributed by atoms with Crippen LogP contribution in [0, 0.1) is 0 Å². The molecule has 0 aliphatic heterocycles. The molecule has 0 N–H and O–H groups in total. The van der Waals surface area contributed by atoms with Crippen molar-refractivity contribution in [2.75, 3.05) is 13.2 Å². The van der Waals surface area contributed by atoms with Crippen LogP contribution in [0.3, 0.4) is 0 Å². The Morgan fingerprint density at radius 3 is 1.17 bits per heavy atom. The van der Waals surface area contributed by atoms with Gasteiger partial charge in [0.1, 0.15) is 13.2 Å². The number of unbranched alkanes of at least 4 members (excludes halogenated alkanes) is 15. The van der Waals surface area contributed by atoms with E-state index in [9.17, 15) is 14.4 Å². The molecule has 0 aromatic heterocycles. The van der Waals surface area contributed by atoms with E-state index in [1.807, 2.05) is 72.9 Å². The normalized spacial score (nSPS) is 13.2. The topological polar surface area (TPSA) is 78.9 Å². The van der Waals surface area contributed by atoms with E-state index in [0.29, 0.717) is 19.3 Å². The number of carbonyl (C=O) groups excluding carboxylic acids is 3. The lowest BCUT2D eigenvalue weighted by Gasteiger charge is -2.18. The summed E-state index contributed by atoms with van der Waals surface area (Å²) >= 11 is 0. The van der Waals surface area contributed by atoms with Gasteiger partial charge in [0, 0.05) is 19.3 Å². The molecule has 6 heteroatoms. The molecule has 0 saturated carbocycles. The highest BCUT2D eigenvalue weighted by Crippen LogP contribution is 2.14. The van der Waals surface area contributed by atoms with Crippen molar-refractivity contribution in [3.05, 3.63) is 134 Å². The molecule has 0 amide bonds. The minimum absolute atomic E-state index is 0.125. The molecule has 6 nitrogen and oxygen atoms in total. The van der Waals surface area contributed by atoms with Crippen molar-refractivity contribution in [2.45, 2.75) is 200 Å². The largest absolute Gasteiger partial charge is 0.462 e. The van der Waals surface area contributed by atoms with Crippen LogP contribution in [0.5, 0.6) is 0 Å². The fraction of sp³-hybridized carbons (Fsp3) is 0.569. The minimum Gasteiger partial charge on any atom is -0.462 e. The Kier molecular flexibility index (Phi) is 47.6. The first-order chi connectivity index (χ1) is 31.5. The lowest BCUT2D eigenvalue weighted by Crippen LogP contribution is -2.30. The van der Waals surface area contributed by atoms with Crippen LogP contribution >= 0.6 is 0 Å². The highest BCUT2D eigenvalue weighted by molar-refractivity contribution is 5.71. The number of rotatable bonds is 43. The third-order valence-corrected chi connectivity index (χ3v) is 10.1. The van der Waals surface area contributed by atoms with E-state index in [0.717, 1.165) is 77.0 Å². The van der Waals surface area contributed by atoms with Gasteiger partial charge in [-0.1, -0.05) is 238 Å². The average molecular weight is 883 g/mol. The molecule has 1 unspecified atom stereocenters. The summed E-state index contributed by atoms with van der Waals surface area (Å²) in [6, 6.07) is 0. The Bertz CT molecular complexity index is 1430. The fourth-order valence-corrected chi connectivity index (χ4v) is 6.34. The lowest BCUT2D eigenvalue weighted by atomic mass is 10.0. The molecule has 0 saturated heterocycles. The van der Waals surface area contributed by atoms with Crippen LogP contribution in [-0.4, -0.2) is 37.2 Å². The van der Waals surface area contributed by atoms with Gasteiger partial charge >= 0.3 is 17.9 Å². The van der Waals surface area contributed by atoms with E-state index in [1.165, 1.54) is 64.2 Å².